The third-order valence-corrected chi connectivity index (χ3v) is 4.40. The molecule has 0 radical (unpaired) electrons. The van der Waals surface area contributed by atoms with Crippen molar-refractivity contribution in [3.8, 4) is 11.3 Å². The van der Waals surface area contributed by atoms with E-state index in [1.807, 2.05) is 45.3 Å². The van der Waals surface area contributed by atoms with E-state index in [0.29, 0.717) is 0 Å². The molecule has 0 saturated carbocycles. The Bertz CT molecular complexity index is 968. The van der Waals surface area contributed by atoms with Gasteiger partial charge in [-0.1, -0.05) is 12.1 Å². The molecule has 0 saturated heterocycles. The molecule has 1 aliphatic heterocycles. The largest absolute Gasteiger partial charge is 0.414 e. The molecule has 3 aromatic rings. The molecule has 26 heavy (non-hydrogen) atoms. The zero-order valence-electron chi connectivity index (χ0n) is 15.0. The van der Waals surface area contributed by atoms with Crippen molar-refractivity contribution < 1.29 is 4.84 Å². The molecule has 6 nitrogen and oxygen atoms in total. The third kappa shape index (κ3) is 3.07. The number of hydrogen-bond acceptors (Lipinski definition) is 6. The van der Waals surface area contributed by atoms with Crippen LogP contribution in [0.25, 0.3) is 22.2 Å². The van der Waals surface area contributed by atoms with Crippen molar-refractivity contribution in [2.75, 3.05) is 24.3 Å². The summed E-state index contributed by atoms with van der Waals surface area (Å²) in [6.45, 7) is 1.99. The van der Waals surface area contributed by atoms with Gasteiger partial charge in [0.2, 0.25) is 0 Å². The van der Waals surface area contributed by atoms with Crippen LogP contribution in [0.3, 0.4) is 0 Å². The molecule has 4 rings (SSSR count). The van der Waals surface area contributed by atoms with E-state index in [2.05, 4.69) is 44.9 Å². The second kappa shape index (κ2) is 6.31. The van der Waals surface area contributed by atoms with Crippen molar-refractivity contribution in [2.45, 2.75) is 12.6 Å². The van der Waals surface area contributed by atoms with E-state index in [9.17, 15) is 0 Å². The predicted molar refractivity (Wildman–Crippen MR) is 105 cm³/mol. The highest BCUT2D eigenvalue weighted by Crippen LogP contribution is 2.29. The molecule has 0 amide bonds. The average molecular weight is 347 g/mol. The lowest BCUT2D eigenvalue weighted by Crippen LogP contribution is -2.43. The monoisotopic (exact) mass is 347 g/mol. The summed E-state index contributed by atoms with van der Waals surface area (Å²) >= 11 is 0. The van der Waals surface area contributed by atoms with Crippen LogP contribution in [0, 0.1) is 0 Å². The summed E-state index contributed by atoms with van der Waals surface area (Å²) in [5, 5.41) is 4.38. The maximum atomic E-state index is 5.15. The molecule has 3 heterocycles. The summed E-state index contributed by atoms with van der Waals surface area (Å²) in [6, 6.07) is 14.3. The molecule has 1 atom stereocenters. The summed E-state index contributed by atoms with van der Waals surface area (Å²) in [5.41, 5.74) is 6.37. The van der Waals surface area contributed by atoms with Crippen molar-refractivity contribution >= 4 is 22.4 Å². The smallest absolute Gasteiger partial charge is 0.142 e. The molecule has 0 bridgehead atoms. The van der Waals surface area contributed by atoms with Gasteiger partial charge in [0.1, 0.15) is 17.7 Å². The molecule has 1 unspecified atom stereocenters. The second-order valence-electron chi connectivity index (χ2n) is 6.72. The van der Waals surface area contributed by atoms with Crippen molar-refractivity contribution in [1.82, 2.24) is 15.4 Å². The Balaban J connectivity index is 1.79. The molecular weight excluding hydrogens is 326 g/mol. The molecule has 0 aliphatic carbocycles. The molecule has 132 valence electrons. The van der Waals surface area contributed by atoms with E-state index >= 15 is 0 Å². The predicted octanol–water partition coefficient (Wildman–Crippen LogP) is 3.54. The molecule has 0 spiro atoms. The third-order valence-electron chi connectivity index (χ3n) is 4.40. The first-order valence-corrected chi connectivity index (χ1v) is 8.46. The number of aromatic nitrogens is 2. The highest BCUT2D eigenvalue weighted by molar-refractivity contribution is 5.92. The van der Waals surface area contributed by atoms with Crippen molar-refractivity contribution in [1.29, 1.82) is 0 Å². The number of rotatable bonds is 4. The fourth-order valence-electron chi connectivity index (χ4n) is 2.92. The quantitative estimate of drug-likeness (QED) is 0.753. The van der Waals surface area contributed by atoms with Gasteiger partial charge in [0, 0.05) is 36.9 Å². The van der Waals surface area contributed by atoms with E-state index in [0.717, 1.165) is 33.7 Å². The Morgan fingerprint density at radius 1 is 1.15 bits per heavy atom. The fraction of sp³-hybridized carbons (Fsp3) is 0.200. The zero-order chi connectivity index (χ0) is 18.1. The van der Waals surface area contributed by atoms with Gasteiger partial charge >= 0.3 is 0 Å². The number of nitrogens with zero attached hydrogens (tertiary/aromatic N) is 3. The highest BCUT2D eigenvalue weighted by atomic mass is 16.6. The first-order chi connectivity index (χ1) is 12.5. The molecule has 0 fully saturated rings. The van der Waals surface area contributed by atoms with Gasteiger partial charge in [-0.2, -0.15) is 0 Å². The Morgan fingerprint density at radius 2 is 1.96 bits per heavy atom. The van der Waals surface area contributed by atoms with Crippen molar-refractivity contribution in [3.05, 3.63) is 61.0 Å². The van der Waals surface area contributed by atoms with Gasteiger partial charge in [-0.05, 0) is 43.3 Å². The number of fused-ring (bicyclic) bond motifs is 1. The summed E-state index contributed by atoms with van der Waals surface area (Å²) in [7, 11) is 4.06. The van der Waals surface area contributed by atoms with Gasteiger partial charge in [0.15, 0.2) is 0 Å². The van der Waals surface area contributed by atoms with Gasteiger partial charge < -0.3 is 15.1 Å². The number of pyridine rings is 2. The fourth-order valence-corrected chi connectivity index (χ4v) is 2.92. The highest BCUT2D eigenvalue weighted by Gasteiger charge is 2.26. The van der Waals surface area contributed by atoms with E-state index in [1.54, 1.807) is 12.5 Å². The van der Waals surface area contributed by atoms with Crippen molar-refractivity contribution in [2.24, 2.45) is 0 Å². The molecule has 1 aromatic carbocycles. The number of nitrogens with one attached hydrogen (secondary N) is 2. The zero-order valence-corrected chi connectivity index (χ0v) is 15.0. The maximum absolute atomic E-state index is 5.15. The molecular formula is C20H21N5O. The van der Waals surface area contributed by atoms with E-state index in [4.69, 9.17) is 9.82 Å². The van der Waals surface area contributed by atoms with Crippen LogP contribution in [-0.2, 0) is 4.84 Å². The number of anilines is 2. The van der Waals surface area contributed by atoms with Crippen LogP contribution in [0.15, 0.2) is 61.0 Å². The van der Waals surface area contributed by atoms with Crippen LogP contribution < -0.4 is 15.7 Å². The Morgan fingerprint density at radius 3 is 2.65 bits per heavy atom. The first kappa shape index (κ1) is 16.4. The Hall–Kier alpha value is -3.12. The van der Waals surface area contributed by atoms with Gasteiger partial charge in [0.05, 0.1) is 11.2 Å². The summed E-state index contributed by atoms with van der Waals surface area (Å²) < 4.78 is 0. The van der Waals surface area contributed by atoms with Gasteiger partial charge in [-0.15, -0.1) is 5.48 Å². The minimum atomic E-state index is -0.525. The molecule has 2 aromatic heterocycles. The van der Waals surface area contributed by atoms with Gasteiger partial charge in [0.25, 0.3) is 0 Å². The minimum Gasteiger partial charge on any atom is -0.414 e. The average Bonchev–Trinajstić information content (AvgIpc) is 3.08. The lowest BCUT2D eigenvalue weighted by Gasteiger charge is -2.24. The first-order valence-electron chi connectivity index (χ1n) is 8.46. The van der Waals surface area contributed by atoms with Gasteiger partial charge in [-0.3, -0.25) is 4.98 Å². The van der Waals surface area contributed by atoms with E-state index < -0.39 is 5.66 Å². The van der Waals surface area contributed by atoms with Crippen LogP contribution >= 0.6 is 0 Å². The van der Waals surface area contributed by atoms with Crippen LogP contribution in [0.5, 0.6) is 0 Å². The normalized spacial score (nSPS) is 18.7. The number of hydrogen-bond donors (Lipinski definition) is 2. The standard InChI is InChI=1S/C20H21N5O/c1-20(10-12-26-24-20)23-19-16-5-4-11-21-18(16)13-17(22-19)14-6-8-15(9-7-14)25(2)3/h4-13,24H,1-3H3,(H,22,23). The molecule has 1 aliphatic rings. The maximum Gasteiger partial charge on any atom is 0.142 e. The summed E-state index contributed by atoms with van der Waals surface area (Å²) in [5.74, 6) is 0.757. The van der Waals surface area contributed by atoms with Crippen LogP contribution in [0.2, 0.25) is 0 Å². The van der Waals surface area contributed by atoms with Crippen molar-refractivity contribution in [3.63, 3.8) is 0 Å². The summed E-state index contributed by atoms with van der Waals surface area (Å²) in [4.78, 5) is 16.6. The van der Waals surface area contributed by atoms with Crippen LogP contribution in [0.1, 0.15) is 6.92 Å². The SMILES string of the molecule is CN(C)c1ccc(-c2cc3ncccc3c(NC3(C)C=CON3)n2)cc1. The molecule has 2 N–H and O–H groups in total. The lowest BCUT2D eigenvalue weighted by atomic mass is 10.1. The minimum absolute atomic E-state index is 0.525. The number of benzene rings is 1. The van der Waals surface area contributed by atoms with Crippen LogP contribution in [-0.4, -0.2) is 29.7 Å². The molecule has 6 heteroatoms. The Kier molecular flexibility index (Phi) is 3.97. The topological polar surface area (TPSA) is 62.3 Å². The Labute approximate surface area is 152 Å². The second-order valence-corrected chi connectivity index (χ2v) is 6.72. The van der Waals surface area contributed by atoms with E-state index in [1.165, 1.54) is 0 Å². The van der Waals surface area contributed by atoms with Crippen LogP contribution in [0.4, 0.5) is 11.5 Å². The number of hydroxylamine groups is 1. The van der Waals surface area contributed by atoms with E-state index in [-0.39, 0.29) is 0 Å². The van der Waals surface area contributed by atoms with Gasteiger partial charge in [-0.25, -0.2) is 4.98 Å². The lowest BCUT2D eigenvalue weighted by molar-refractivity contribution is 0.116. The summed E-state index contributed by atoms with van der Waals surface area (Å²) in [6.07, 6.45) is 5.33.